The van der Waals surface area contributed by atoms with Crippen LogP contribution < -0.4 is 0 Å². The van der Waals surface area contributed by atoms with Crippen LogP contribution in [0.3, 0.4) is 0 Å². The molecule has 0 saturated carbocycles. The van der Waals surface area contributed by atoms with Gasteiger partial charge in [0.2, 0.25) is 0 Å². The molecule has 0 unspecified atom stereocenters. The van der Waals surface area contributed by atoms with Crippen molar-refractivity contribution >= 4 is 23.2 Å². The van der Waals surface area contributed by atoms with Gasteiger partial charge in [0, 0.05) is 15.6 Å². The Balaban J connectivity index is 2.78. The first kappa shape index (κ1) is 13.5. The van der Waals surface area contributed by atoms with E-state index >= 15 is 0 Å². The predicted octanol–water partition coefficient (Wildman–Crippen LogP) is 5.89. The molecular weight excluding hydrogens is 263 g/mol. The summed E-state index contributed by atoms with van der Waals surface area (Å²) < 4.78 is 0. The zero-order chi connectivity index (χ0) is 13.4. The lowest BCUT2D eigenvalue weighted by molar-refractivity contribution is 1.26. The first-order chi connectivity index (χ1) is 8.43. The Morgan fingerprint density at radius 3 is 1.94 bits per heavy atom. The summed E-state index contributed by atoms with van der Waals surface area (Å²) in [4.78, 5) is 0. The number of hydrogen-bond donors (Lipinski definition) is 0. The van der Waals surface area contributed by atoms with Gasteiger partial charge >= 0.3 is 0 Å². The Bertz CT molecular complexity index is 613. The van der Waals surface area contributed by atoms with Crippen molar-refractivity contribution in [3.05, 3.63) is 56.6 Å². The monoisotopic (exact) mass is 278 g/mol. The maximum Gasteiger partial charge on any atom is 0.0488 e. The van der Waals surface area contributed by atoms with Gasteiger partial charge in [-0.3, -0.25) is 0 Å². The van der Waals surface area contributed by atoms with Crippen LogP contribution in [-0.2, 0) is 0 Å². The molecular formula is C16H16Cl2. The van der Waals surface area contributed by atoms with E-state index in [4.69, 9.17) is 23.2 Å². The van der Waals surface area contributed by atoms with Crippen molar-refractivity contribution < 1.29 is 0 Å². The highest BCUT2D eigenvalue weighted by Gasteiger charge is 2.13. The van der Waals surface area contributed by atoms with Gasteiger partial charge in [-0.1, -0.05) is 35.3 Å². The smallest absolute Gasteiger partial charge is 0.0488 e. The summed E-state index contributed by atoms with van der Waals surface area (Å²) in [7, 11) is 0. The second-order valence-electron chi connectivity index (χ2n) is 4.71. The van der Waals surface area contributed by atoms with E-state index in [0.29, 0.717) is 0 Å². The molecule has 0 aliphatic rings. The van der Waals surface area contributed by atoms with E-state index in [-0.39, 0.29) is 0 Å². The summed E-state index contributed by atoms with van der Waals surface area (Å²) in [6, 6.07) is 7.97. The molecule has 0 radical (unpaired) electrons. The fourth-order valence-electron chi connectivity index (χ4n) is 2.21. The van der Waals surface area contributed by atoms with Gasteiger partial charge < -0.3 is 0 Å². The zero-order valence-corrected chi connectivity index (χ0v) is 12.6. The number of halogens is 2. The fourth-order valence-corrected chi connectivity index (χ4v) is 2.67. The summed E-state index contributed by atoms with van der Waals surface area (Å²) in [5.41, 5.74) is 7.13. The molecule has 0 spiro atoms. The minimum absolute atomic E-state index is 0.753. The van der Waals surface area contributed by atoms with Crippen molar-refractivity contribution in [1.82, 2.24) is 0 Å². The molecule has 2 rings (SSSR count). The third kappa shape index (κ3) is 2.15. The van der Waals surface area contributed by atoms with Crippen LogP contribution in [-0.4, -0.2) is 0 Å². The second-order valence-corrected chi connectivity index (χ2v) is 5.52. The third-order valence-corrected chi connectivity index (χ3v) is 4.40. The standard InChI is InChI=1S/C16H16Cl2/c1-9-5-6-13(11(3)10(9)2)16-12(4)14(17)7-8-15(16)18/h5-8H,1-4H3. The molecule has 0 heterocycles. The summed E-state index contributed by atoms with van der Waals surface area (Å²) in [6.45, 7) is 8.41. The van der Waals surface area contributed by atoms with E-state index in [1.165, 1.54) is 22.3 Å². The van der Waals surface area contributed by atoms with Gasteiger partial charge in [0.15, 0.2) is 0 Å². The van der Waals surface area contributed by atoms with Crippen molar-refractivity contribution in [1.29, 1.82) is 0 Å². The maximum atomic E-state index is 6.34. The molecule has 0 aliphatic carbocycles. The average Bonchev–Trinajstić information content (AvgIpc) is 2.34. The molecule has 0 N–H and O–H groups in total. The summed E-state index contributed by atoms with van der Waals surface area (Å²) >= 11 is 12.5. The molecule has 2 aromatic rings. The number of rotatable bonds is 1. The topological polar surface area (TPSA) is 0 Å². The molecule has 0 bridgehead atoms. The first-order valence-electron chi connectivity index (χ1n) is 5.95. The fraction of sp³-hybridized carbons (Fsp3) is 0.250. The van der Waals surface area contributed by atoms with Crippen LogP contribution in [0.1, 0.15) is 22.3 Å². The van der Waals surface area contributed by atoms with Crippen molar-refractivity contribution in [2.45, 2.75) is 27.7 Å². The highest BCUT2D eigenvalue weighted by atomic mass is 35.5. The lowest BCUT2D eigenvalue weighted by atomic mass is 9.92. The third-order valence-electron chi connectivity index (χ3n) is 3.68. The number of benzene rings is 2. The van der Waals surface area contributed by atoms with Gasteiger partial charge in [0.25, 0.3) is 0 Å². The van der Waals surface area contributed by atoms with E-state index in [1.54, 1.807) is 0 Å². The molecule has 94 valence electrons. The molecule has 2 heteroatoms. The lowest BCUT2D eigenvalue weighted by Gasteiger charge is -2.15. The quantitative estimate of drug-likeness (QED) is 0.610. The molecule has 0 aromatic heterocycles. The van der Waals surface area contributed by atoms with Crippen molar-refractivity contribution in [3.63, 3.8) is 0 Å². The van der Waals surface area contributed by atoms with E-state index in [2.05, 4.69) is 32.9 Å². The van der Waals surface area contributed by atoms with Crippen LogP contribution >= 0.6 is 23.2 Å². The Hall–Kier alpha value is -0.980. The summed E-state index contributed by atoms with van der Waals surface area (Å²) in [6.07, 6.45) is 0. The highest BCUT2D eigenvalue weighted by Crippen LogP contribution is 2.37. The average molecular weight is 279 g/mol. The van der Waals surface area contributed by atoms with Crippen LogP contribution in [0.2, 0.25) is 10.0 Å². The van der Waals surface area contributed by atoms with Crippen LogP contribution in [0.15, 0.2) is 24.3 Å². The molecule has 0 atom stereocenters. The Morgan fingerprint density at radius 1 is 0.667 bits per heavy atom. The van der Waals surface area contributed by atoms with Crippen LogP contribution in [0, 0.1) is 27.7 Å². The van der Waals surface area contributed by atoms with E-state index < -0.39 is 0 Å². The number of aryl methyl sites for hydroxylation is 1. The Kier molecular flexibility index (Phi) is 3.70. The van der Waals surface area contributed by atoms with E-state index in [0.717, 1.165) is 21.2 Å². The van der Waals surface area contributed by atoms with Crippen molar-refractivity contribution in [2.75, 3.05) is 0 Å². The van der Waals surface area contributed by atoms with E-state index in [9.17, 15) is 0 Å². The van der Waals surface area contributed by atoms with Gasteiger partial charge in [-0.2, -0.15) is 0 Å². The molecule has 0 amide bonds. The van der Waals surface area contributed by atoms with Crippen molar-refractivity contribution in [2.24, 2.45) is 0 Å². The molecule has 0 fully saturated rings. The number of hydrogen-bond acceptors (Lipinski definition) is 0. The van der Waals surface area contributed by atoms with Crippen LogP contribution in [0.4, 0.5) is 0 Å². The molecule has 0 saturated heterocycles. The van der Waals surface area contributed by atoms with E-state index in [1.807, 2.05) is 19.1 Å². The van der Waals surface area contributed by atoms with Crippen LogP contribution in [0.25, 0.3) is 11.1 Å². The molecule has 18 heavy (non-hydrogen) atoms. The molecule has 2 aromatic carbocycles. The first-order valence-corrected chi connectivity index (χ1v) is 6.71. The second kappa shape index (κ2) is 4.95. The lowest BCUT2D eigenvalue weighted by Crippen LogP contribution is -1.94. The minimum Gasteiger partial charge on any atom is -0.0840 e. The van der Waals surface area contributed by atoms with Gasteiger partial charge in [-0.15, -0.1) is 0 Å². The molecule has 0 aliphatic heterocycles. The molecule has 0 nitrogen and oxygen atoms in total. The van der Waals surface area contributed by atoms with Crippen LogP contribution in [0.5, 0.6) is 0 Å². The van der Waals surface area contributed by atoms with Gasteiger partial charge in [-0.25, -0.2) is 0 Å². The summed E-state index contributed by atoms with van der Waals surface area (Å²) in [5.74, 6) is 0. The Labute approximate surface area is 119 Å². The van der Waals surface area contributed by atoms with Gasteiger partial charge in [-0.05, 0) is 67.6 Å². The van der Waals surface area contributed by atoms with Gasteiger partial charge in [0.05, 0.1) is 0 Å². The highest BCUT2D eigenvalue weighted by molar-refractivity contribution is 6.36. The van der Waals surface area contributed by atoms with Crippen molar-refractivity contribution in [3.8, 4) is 11.1 Å². The van der Waals surface area contributed by atoms with Gasteiger partial charge in [0.1, 0.15) is 0 Å². The Morgan fingerprint density at radius 2 is 1.28 bits per heavy atom. The predicted molar refractivity (Wildman–Crippen MR) is 80.8 cm³/mol. The SMILES string of the molecule is Cc1ccc(-c2c(Cl)ccc(Cl)c2C)c(C)c1C. The minimum atomic E-state index is 0.753. The summed E-state index contributed by atoms with van der Waals surface area (Å²) in [5, 5.41) is 1.51. The zero-order valence-electron chi connectivity index (χ0n) is 11.1. The normalized spacial score (nSPS) is 10.8. The maximum absolute atomic E-state index is 6.34. The largest absolute Gasteiger partial charge is 0.0840 e.